The summed E-state index contributed by atoms with van der Waals surface area (Å²) in [6.45, 7) is 9.67. The lowest BCUT2D eigenvalue weighted by atomic mass is 10.1. The van der Waals surface area contributed by atoms with Gasteiger partial charge in [-0.2, -0.15) is 0 Å². The Morgan fingerprint density at radius 3 is 2.62 bits per heavy atom. The van der Waals surface area contributed by atoms with E-state index >= 15 is 0 Å². The Morgan fingerprint density at radius 2 is 2.15 bits per heavy atom. The molecule has 0 aromatic carbocycles. The van der Waals surface area contributed by atoms with Crippen LogP contribution in [-0.2, 0) is 6.42 Å². The van der Waals surface area contributed by atoms with Crippen molar-refractivity contribution < 1.29 is 0 Å². The molecule has 0 aliphatic rings. The van der Waals surface area contributed by atoms with Gasteiger partial charge in [0.05, 0.1) is 11.2 Å². The third-order valence-electron chi connectivity index (χ3n) is 1.85. The van der Waals surface area contributed by atoms with Crippen molar-refractivity contribution in [1.82, 2.24) is 10.3 Å². The Balaban J connectivity index is 2.32. The number of hydrogen-bond donors (Lipinski definition) is 1. The second kappa shape index (κ2) is 4.20. The minimum Gasteiger partial charge on any atom is -0.312 e. The lowest BCUT2D eigenvalue weighted by molar-refractivity contribution is 0.430. The summed E-state index contributed by atoms with van der Waals surface area (Å²) in [4.78, 5) is 5.62. The van der Waals surface area contributed by atoms with Crippen molar-refractivity contribution in [1.29, 1.82) is 0 Å². The van der Waals surface area contributed by atoms with Crippen molar-refractivity contribution in [2.45, 2.75) is 39.7 Å². The average Bonchev–Trinajstić information content (AvgIpc) is 2.34. The molecule has 0 spiro atoms. The zero-order valence-corrected chi connectivity index (χ0v) is 9.66. The van der Waals surface area contributed by atoms with E-state index in [-0.39, 0.29) is 5.54 Å². The van der Waals surface area contributed by atoms with E-state index in [1.807, 2.05) is 5.51 Å². The number of rotatable bonds is 3. The van der Waals surface area contributed by atoms with Crippen LogP contribution in [0.1, 0.15) is 31.3 Å². The second-order valence-electron chi connectivity index (χ2n) is 4.29. The van der Waals surface area contributed by atoms with Crippen LogP contribution in [0.25, 0.3) is 0 Å². The highest BCUT2D eigenvalue weighted by Gasteiger charge is 2.08. The lowest BCUT2D eigenvalue weighted by Gasteiger charge is -2.20. The maximum atomic E-state index is 4.22. The second-order valence-corrected chi connectivity index (χ2v) is 5.23. The summed E-state index contributed by atoms with van der Waals surface area (Å²) in [6.07, 6.45) is 1.09. The van der Waals surface area contributed by atoms with Gasteiger partial charge in [0.2, 0.25) is 0 Å². The molecule has 1 rings (SSSR count). The summed E-state index contributed by atoms with van der Waals surface area (Å²) < 4.78 is 0. The lowest BCUT2D eigenvalue weighted by Crippen LogP contribution is -2.37. The number of thiazole rings is 1. The first-order chi connectivity index (χ1) is 5.99. The molecule has 0 saturated carbocycles. The summed E-state index contributed by atoms with van der Waals surface area (Å²) in [7, 11) is 0. The molecule has 0 saturated heterocycles. The van der Waals surface area contributed by atoms with Gasteiger partial charge in [0, 0.05) is 17.0 Å². The number of nitrogens with zero attached hydrogens (tertiary/aromatic N) is 1. The van der Waals surface area contributed by atoms with Crippen LogP contribution in [-0.4, -0.2) is 17.1 Å². The normalized spacial score (nSPS) is 12.0. The molecule has 74 valence electrons. The average molecular weight is 198 g/mol. The van der Waals surface area contributed by atoms with Gasteiger partial charge in [-0.05, 0) is 34.1 Å². The van der Waals surface area contributed by atoms with Crippen LogP contribution in [0.3, 0.4) is 0 Å². The van der Waals surface area contributed by atoms with Crippen molar-refractivity contribution in [2.24, 2.45) is 0 Å². The fourth-order valence-corrected chi connectivity index (χ4v) is 1.90. The minimum absolute atomic E-state index is 0.221. The molecule has 2 nitrogen and oxygen atoms in total. The third-order valence-corrected chi connectivity index (χ3v) is 2.85. The molecule has 0 atom stereocenters. The molecular weight excluding hydrogens is 180 g/mol. The van der Waals surface area contributed by atoms with E-state index in [0.29, 0.717) is 0 Å². The monoisotopic (exact) mass is 198 g/mol. The van der Waals surface area contributed by atoms with Gasteiger partial charge < -0.3 is 5.32 Å². The maximum Gasteiger partial charge on any atom is 0.0797 e. The van der Waals surface area contributed by atoms with Crippen LogP contribution in [0.5, 0.6) is 0 Å². The highest BCUT2D eigenvalue weighted by atomic mass is 32.1. The van der Waals surface area contributed by atoms with Crippen LogP contribution in [0.4, 0.5) is 0 Å². The quantitative estimate of drug-likeness (QED) is 0.806. The van der Waals surface area contributed by atoms with E-state index in [4.69, 9.17) is 0 Å². The van der Waals surface area contributed by atoms with E-state index in [1.165, 1.54) is 10.6 Å². The largest absolute Gasteiger partial charge is 0.312 e. The Hall–Kier alpha value is -0.410. The van der Waals surface area contributed by atoms with Crippen molar-refractivity contribution in [2.75, 3.05) is 6.54 Å². The van der Waals surface area contributed by atoms with Gasteiger partial charge in [-0.1, -0.05) is 0 Å². The SMILES string of the molecule is Cc1ncsc1CCNC(C)(C)C. The van der Waals surface area contributed by atoms with Gasteiger partial charge in [-0.25, -0.2) is 4.98 Å². The molecule has 1 aromatic heterocycles. The molecule has 1 N–H and O–H groups in total. The van der Waals surface area contributed by atoms with E-state index in [9.17, 15) is 0 Å². The summed E-state index contributed by atoms with van der Waals surface area (Å²) in [5.41, 5.74) is 3.32. The van der Waals surface area contributed by atoms with Crippen molar-refractivity contribution in [3.05, 3.63) is 16.1 Å². The molecule has 0 fully saturated rings. The number of hydrogen-bond acceptors (Lipinski definition) is 3. The van der Waals surface area contributed by atoms with Crippen LogP contribution in [0.15, 0.2) is 5.51 Å². The fraction of sp³-hybridized carbons (Fsp3) is 0.700. The number of nitrogens with one attached hydrogen (secondary N) is 1. The molecule has 0 aliphatic carbocycles. The molecule has 0 radical (unpaired) electrons. The predicted octanol–water partition coefficient (Wildman–Crippen LogP) is 2.38. The van der Waals surface area contributed by atoms with E-state index in [1.54, 1.807) is 11.3 Å². The van der Waals surface area contributed by atoms with Crippen molar-refractivity contribution in [3.63, 3.8) is 0 Å². The molecular formula is C10H18N2S. The van der Waals surface area contributed by atoms with Crippen LogP contribution >= 0.6 is 11.3 Å². The van der Waals surface area contributed by atoms with Gasteiger partial charge in [0.1, 0.15) is 0 Å². The molecule has 3 heteroatoms. The van der Waals surface area contributed by atoms with Gasteiger partial charge in [-0.15, -0.1) is 11.3 Å². The van der Waals surface area contributed by atoms with Gasteiger partial charge >= 0.3 is 0 Å². The minimum atomic E-state index is 0.221. The fourth-order valence-electron chi connectivity index (χ4n) is 1.12. The first-order valence-electron chi connectivity index (χ1n) is 4.63. The first-order valence-corrected chi connectivity index (χ1v) is 5.51. The molecule has 0 amide bonds. The van der Waals surface area contributed by atoms with Crippen molar-refractivity contribution in [3.8, 4) is 0 Å². The summed E-state index contributed by atoms with van der Waals surface area (Å²) in [5.74, 6) is 0. The molecule has 0 aliphatic heterocycles. The Morgan fingerprint density at radius 1 is 1.46 bits per heavy atom. The van der Waals surface area contributed by atoms with Gasteiger partial charge in [-0.3, -0.25) is 0 Å². The summed E-state index contributed by atoms with van der Waals surface area (Å²) in [5, 5.41) is 3.47. The Bertz CT molecular complexity index is 260. The number of aromatic nitrogens is 1. The molecule has 0 bridgehead atoms. The topological polar surface area (TPSA) is 24.9 Å². The van der Waals surface area contributed by atoms with Crippen molar-refractivity contribution >= 4 is 11.3 Å². The third kappa shape index (κ3) is 3.87. The maximum absolute atomic E-state index is 4.22. The molecule has 0 unspecified atom stereocenters. The highest BCUT2D eigenvalue weighted by molar-refractivity contribution is 7.09. The van der Waals surface area contributed by atoms with Gasteiger partial charge in [0.25, 0.3) is 0 Å². The summed E-state index contributed by atoms with van der Waals surface area (Å²) in [6, 6.07) is 0. The zero-order valence-electron chi connectivity index (χ0n) is 8.85. The molecule has 1 heterocycles. The van der Waals surface area contributed by atoms with Gasteiger partial charge in [0.15, 0.2) is 0 Å². The van der Waals surface area contributed by atoms with E-state index < -0.39 is 0 Å². The van der Waals surface area contributed by atoms with Crippen LogP contribution in [0, 0.1) is 6.92 Å². The van der Waals surface area contributed by atoms with Crippen LogP contribution in [0.2, 0.25) is 0 Å². The van der Waals surface area contributed by atoms with E-state index in [2.05, 4.69) is 38.0 Å². The Labute approximate surface area is 84.4 Å². The molecule has 1 aromatic rings. The van der Waals surface area contributed by atoms with E-state index in [0.717, 1.165) is 13.0 Å². The summed E-state index contributed by atoms with van der Waals surface area (Å²) >= 11 is 1.75. The highest BCUT2D eigenvalue weighted by Crippen LogP contribution is 2.12. The predicted molar refractivity (Wildman–Crippen MR) is 58.3 cm³/mol. The number of aryl methyl sites for hydroxylation is 1. The molecule has 13 heavy (non-hydrogen) atoms. The van der Waals surface area contributed by atoms with Crippen LogP contribution < -0.4 is 5.32 Å². The Kier molecular flexibility index (Phi) is 3.45. The standard InChI is InChI=1S/C10H18N2S/c1-8-9(13-7-11-8)5-6-12-10(2,3)4/h7,12H,5-6H2,1-4H3. The smallest absolute Gasteiger partial charge is 0.0797 e. The zero-order chi connectivity index (χ0) is 9.90. The first kappa shape index (κ1) is 10.7.